The number of aliphatic hydroxyl groups is 1. The molecule has 1 aromatic heterocycles. The van der Waals surface area contributed by atoms with E-state index in [9.17, 15) is 18.3 Å². The zero-order valence-electron chi connectivity index (χ0n) is 11.0. The molecule has 1 heterocycles. The molecule has 6 heteroatoms. The second kappa shape index (κ2) is 5.10. The van der Waals surface area contributed by atoms with Gasteiger partial charge in [-0.1, -0.05) is 12.1 Å². The van der Waals surface area contributed by atoms with Gasteiger partial charge < -0.3 is 10.0 Å². The molecule has 2 nitrogen and oxygen atoms in total. The van der Waals surface area contributed by atoms with E-state index in [4.69, 9.17) is 0 Å². The van der Waals surface area contributed by atoms with Crippen molar-refractivity contribution < 1.29 is 18.3 Å². The van der Waals surface area contributed by atoms with Gasteiger partial charge in [0.15, 0.2) is 0 Å². The van der Waals surface area contributed by atoms with Gasteiger partial charge in [-0.3, -0.25) is 0 Å². The monoisotopic (exact) mass is 301 g/mol. The van der Waals surface area contributed by atoms with Crippen molar-refractivity contribution in [3.05, 3.63) is 52.2 Å². The van der Waals surface area contributed by atoms with Gasteiger partial charge in [-0.25, -0.2) is 0 Å². The lowest BCUT2D eigenvalue weighted by molar-refractivity contribution is -0.248. The lowest BCUT2D eigenvalue weighted by Crippen LogP contribution is -2.43. The maximum atomic E-state index is 13.4. The molecule has 0 fully saturated rings. The largest absolute Gasteiger partial charge is 0.425 e. The Bertz CT molecular complexity index is 580. The second-order valence-corrected chi connectivity index (χ2v) is 5.44. The summed E-state index contributed by atoms with van der Waals surface area (Å²) in [6, 6.07) is 7.13. The van der Waals surface area contributed by atoms with Gasteiger partial charge in [0, 0.05) is 25.3 Å². The van der Waals surface area contributed by atoms with Crippen molar-refractivity contribution in [3.8, 4) is 0 Å². The highest BCUT2D eigenvalue weighted by molar-refractivity contribution is 7.08. The van der Waals surface area contributed by atoms with Crippen molar-refractivity contribution in [2.45, 2.75) is 11.8 Å². The number of halogens is 3. The van der Waals surface area contributed by atoms with Gasteiger partial charge in [0.25, 0.3) is 0 Å². The minimum Gasteiger partial charge on any atom is -0.378 e. The van der Waals surface area contributed by atoms with Crippen LogP contribution in [0.15, 0.2) is 41.1 Å². The maximum absolute atomic E-state index is 13.4. The van der Waals surface area contributed by atoms with Crippen molar-refractivity contribution in [1.29, 1.82) is 0 Å². The molecule has 0 aliphatic rings. The Hall–Kier alpha value is -1.53. The summed E-state index contributed by atoms with van der Waals surface area (Å²) in [5.41, 5.74) is -2.74. The molecule has 1 atom stereocenters. The molecule has 0 saturated carbocycles. The molecule has 0 aliphatic carbocycles. The van der Waals surface area contributed by atoms with Crippen LogP contribution in [0.4, 0.5) is 18.9 Å². The second-order valence-electron chi connectivity index (χ2n) is 4.66. The Balaban J connectivity index is 2.62. The summed E-state index contributed by atoms with van der Waals surface area (Å²) in [4.78, 5) is 1.69. The van der Waals surface area contributed by atoms with Crippen molar-refractivity contribution in [1.82, 2.24) is 0 Å². The SMILES string of the molecule is CN(C)c1cccc(C(O)(c2ccsc2)C(F)(F)F)c1. The Morgan fingerprint density at radius 3 is 2.30 bits per heavy atom. The van der Waals surface area contributed by atoms with Crippen LogP contribution < -0.4 is 4.90 Å². The first kappa shape index (κ1) is 14.9. The Morgan fingerprint density at radius 1 is 1.10 bits per heavy atom. The first-order chi connectivity index (χ1) is 9.26. The molecule has 20 heavy (non-hydrogen) atoms. The molecule has 0 bridgehead atoms. The standard InChI is InChI=1S/C14H14F3NOS/c1-18(2)12-5-3-4-10(8-12)13(19,14(15,16)17)11-6-7-20-9-11/h3-9,19H,1-2H3. The molecule has 0 saturated heterocycles. The molecule has 0 aliphatic heterocycles. The highest BCUT2D eigenvalue weighted by Gasteiger charge is 2.56. The molecule has 108 valence electrons. The topological polar surface area (TPSA) is 23.5 Å². The molecule has 1 unspecified atom stereocenters. The predicted molar refractivity (Wildman–Crippen MR) is 74.1 cm³/mol. The van der Waals surface area contributed by atoms with Crippen LogP contribution in [-0.4, -0.2) is 25.4 Å². The molecule has 2 rings (SSSR count). The Kier molecular flexibility index (Phi) is 3.80. The summed E-state index contributed by atoms with van der Waals surface area (Å²) in [5, 5.41) is 13.2. The third kappa shape index (κ3) is 2.41. The smallest absolute Gasteiger partial charge is 0.378 e. The average Bonchev–Trinajstić information content (AvgIpc) is 2.90. The van der Waals surface area contributed by atoms with Crippen LogP contribution in [0.2, 0.25) is 0 Å². The normalized spacial score (nSPS) is 14.9. The third-order valence-corrected chi connectivity index (χ3v) is 3.81. The Labute approximate surface area is 119 Å². The van der Waals surface area contributed by atoms with E-state index in [1.807, 2.05) is 0 Å². The fraction of sp³-hybridized carbons (Fsp3) is 0.286. The number of alkyl halides is 3. The minimum absolute atomic E-state index is 0.161. The fourth-order valence-electron chi connectivity index (χ4n) is 1.97. The van der Waals surface area contributed by atoms with Crippen LogP contribution in [-0.2, 0) is 5.60 Å². The van der Waals surface area contributed by atoms with Gasteiger partial charge in [-0.2, -0.15) is 24.5 Å². The molecule has 0 spiro atoms. The predicted octanol–water partition coefficient (Wildman–Crippen LogP) is 3.61. The van der Waals surface area contributed by atoms with Crippen molar-refractivity contribution in [2.24, 2.45) is 0 Å². The van der Waals surface area contributed by atoms with Crippen LogP contribution in [0.3, 0.4) is 0 Å². The third-order valence-electron chi connectivity index (χ3n) is 3.13. The summed E-state index contributed by atoms with van der Waals surface area (Å²) < 4.78 is 40.3. The van der Waals surface area contributed by atoms with Gasteiger partial charge in [0.1, 0.15) is 0 Å². The number of thiophene rings is 1. The van der Waals surface area contributed by atoms with Crippen molar-refractivity contribution in [3.63, 3.8) is 0 Å². The van der Waals surface area contributed by atoms with Crippen molar-refractivity contribution in [2.75, 3.05) is 19.0 Å². The van der Waals surface area contributed by atoms with E-state index in [0.29, 0.717) is 5.69 Å². The number of rotatable bonds is 3. The van der Waals surface area contributed by atoms with Gasteiger partial charge >= 0.3 is 6.18 Å². The summed E-state index contributed by atoms with van der Waals surface area (Å²) in [6.45, 7) is 0. The molecule has 1 N–H and O–H groups in total. The lowest BCUT2D eigenvalue weighted by Gasteiger charge is -2.31. The van der Waals surface area contributed by atoms with Crippen LogP contribution in [0.25, 0.3) is 0 Å². The van der Waals surface area contributed by atoms with Crippen LogP contribution >= 0.6 is 11.3 Å². The zero-order chi connectivity index (χ0) is 15.0. The number of anilines is 1. The average molecular weight is 301 g/mol. The van der Waals surface area contributed by atoms with E-state index in [1.54, 1.807) is 25.1 Å². The maximum Gasteiger partial charge on any atom is 0.425 e. The van der Waals surface area contributed by atoms with E-state index in [0.717, 1.165) is 11.3 Å². The number of hydrogen-bond acceptors (Lipinski definition) is 3. The van der Waals surface area contributed by atoms with E-state index in [2.05, 4.69) is 0 Å². The van der Waals surface area contributed by atoms with E-state index >= 15 is 0 Å². The zero-order valence-corrected chi connectivity index (χ0v) is 11.8. The van der Waals surface area contributed by atoms with Crippen molar-refractivity contribution >= 4 is 17.0 Å². The first-order valence-electron chi connectivity index (χ1n) is 5.86. The molecule has 0 radical (unpaired) electrons. The van der Waals surface area contributed by atoms with E-state index in [1.165, 1.54) is 35.0 Å². The fourth-order valence-corrected chi connectivity index (χ4v) is 2.67. The van der Waals surface area contributed by atoms with E-state index in [-0.39, 0.29) is 11.1 Å². The van der Waals surface area contributed by atoms with Gasteiger partial charge in [0.05, 0.1) is 0 Å². The molecule has 1 aromatic carbocycles. The van der Waals surface area contributed by atoms with Crippen LogP contribution in [0, 0.1) is 0 Å². The highest BCUT2D eigenvalue weighted by Crippen LogP contribution is 2.45. The number of hydrogen-bond donors (Lipinski definition) is 1. The molecular formula is C14H14F3NOS. The lowest BCUT2D eigenvalue weighted by atomic mass is 9.87. The first-order valence-corrected chi connectivity index (χ1v) is 6.80. The Morgan fingerprint density at radius 2 is 1.80 bits per heavy atom. The summed E-state index contributed by atoms with van der Waals surface area (Å²) >= 11 is 1.12. The molecule has 0 amide bonds. The minimum atomic E-state index is -4.79. The number of nitrogens with zero attached hydrogens (tertiary/aromatic N) is 1. The van der Waals surface area contributed by atoms with E-state index < -0.39 is 11.8 Å². The summed E-state index contributed by atoms with van der Waals surface area (Å²) in [7, 11) is 3.46. The van der Waals surface area contributed by atoms with Crippen LogP contribution in [0.5, 0.6) is 0 Å². The summed E-state index contributed by atoms with van der Waals surface area (Å²) in [6.07, 6.45) is -4.79. The quantitative estimate of drug-likeness (QED) is 0.936. The van der Waals surface area contributed by atoms with Gasteiger partial charge in [0.2, 0.25) is 5.60 Å². The summed E-state index contributed by atoms with van der Waals surface area (Å²) in [5.74, 6) is 0. The highest BCUT2D eigenvalue weighted by atomic mass is 32.1. The van der Waals surface area contributed by atoms with Crippen LogP contribution in [0.1, 0.15) is 11.1 Å². The molecule has 2 aromatic rings. The van der Waals surface area contributed by atoms with Gasteiger partial charge in [-0.15, -0.1) is 0 Å². The molecular weight excluding hydrogens is 287 g/mol. The van der Waals surface area contributed by atoms with Gasteiger partial charge in [-0.05, 0) is 34.5 Å². The number of benzene rings is 1.